The van der Waals surface area contributed by atoms with E-state index in [1.807, 2.05) is 0 Å². The molecule has 2 aliphatic carbocycles. The van der Waals surface area contributed by atoms with Gasteiger partial charge in [0.25, 0.3) is 0 Å². The van der Waals surface area contributed by atoms with Crippen LogP contribution in [-0.2, 0) is 14.4 Å². The van der Waals surface area contributed by atoms with Gasteiger partial charge >= 0.3 is 11.8 Å². The van der Waals surface area contributed by atoms with Crippen molar-refractivity contribution in [1.82, 2.24) is 9.88 Å². The summed E-state index contributed by atoms with van der Waals surface area (Å²) in [6.45, 7) is 4.52. The van der Waals surface area contributed by atoms with Crippen molar-refractivity contribution in [2.75, 3.05) is 17.6 Å². The first-order valence-electron chi connectivity index (χ1n) is 10.8. The van der Waals surface area contributed by atoms with Gasteiger partial charge in [-0.05, 0) is 74.3 Å². The molecule has 1 aliphatic heterocycles. The Balaban J connectivity index is 1.40. The third kappa shape index (κ3) is 3.75. The number of anilines is 2. The van der Waals surface area contributed by atoms with Crippen LogP contribution >= 0.6 is 0 Å². The van der Waals surface area contributed by atoms with Gasteiger partial charge in [0.1, 0.15) is 5.82 Å². The zero-order valence-electron chi connectivity index (χ0n) is 17.7. The van der Waals surface area contributed by atoms with E-state index in [-0.39, 0.29) is 23.3 Å². The largest absolute Gasteiger partial charge is 0.383 e. The minimum absolute atomic E-state index is 0.0119. The standard InChI is InChI=1S/C22H31N5O3/c1-12-3-4-17(14-6-22(7-14)8-15(9-22)19(24)28)27(11-12)21(30)20(29)26-16-5-13(2)18(23)25-10-16/h5,10,12,14-15,17H,3-4,6-9,11H2,1-2H3,(H2,23,25)(H2,24,28)(H,26,29)/t12-,14?,15?,17+,22?/m1/s1. The number of piperidine rings is 1. The van der Waals surface area contributed by atoms with Crippen molar-refractivity contribution >= 4 is 29.2 Å². The number of aromatic nitrogens is 1. The van der Waals surface area contributed by atoms with E-state index in [0.29, 0.717) is 29.9 Å². The molecular formula is C22H31N5O3. The number of nitrogens with two attached hydrogens (primary N) is 2. The van der Waals surface area contributed by atoms with Crippen LogP contribution in [0.2, 0.25) is 0 Å². The van der Waals surface area contributed by atoms with E-state index >= 15 is 0 Å². The van der Waals surface area contributed by atoms with Crippen LogP contribution in [0.25, 0.3) is 0 Å². The number of hydrogen-bond acceptors (Lipinski definition) is 5. The van der Waals surface area contributed by atoms with E-state index in [2.05, 4.69) is 17.2 Å². The fourth-order valence-corrected chi connectivity index (χ4v) is 5.71. The number of carbonyl (C=O) groups excluding carboxylic acids is 3. The average Bonchev–Trinajstić information content (AvgIpc) is 2.62. The Morgan fingerprint density at radius 3 is 2.53 bits per heavy atom. The summed E-state index contributed by atoms with van der Waals surface area (Å²) in [6, 6.07) is 1.80. The molecule has 162 valence electrons. The predicted molar refractivity (Wildman–Crippen MR) is 113 cm³/mol. The summed E-state index contributed by atoms with van der Waals surface area (Å²) in [6.07, 6.45) is 7.23. The van der Waals surface area contributed by atoms with Crippen molar-refractivity contribution in [3.8, 4) is 0 Å². The fraction of sp³-hybridized carbons (Fsp3) is 0.636. The molecule has 0 aromatic carbocycles. The third-order valence-corrected chi connectivity index (χ3v) is 7.39. The molecule has 2 saturated carbocycles. The SMILES string of the molecule is Cc1cc(NC(=O)C(=O)N2C[C@H](C)CC[C@H]2C2CC3(CC(C(N)=O)C3)C2)cnc1N. The lowest BCUT2D eigenvalue weighted by Gasteiger charge is -2.60. The molecule has 1 saturated heterocycles. The third-order valence-electron chi connectivity index (χ3n) is 7.39. The smallest absolute Gasteiger partial charge is 0.313 e. The van der Waals surface area contributed by atoms with Gasteiger partial charge in [-0.15, -0.1) is 0 Å². The van der Waals surface area contributed by atoms with Gasteiger partial charge in [-0.25, -0.2) is 4.98 Å². The number of nitrogens with one attached hydrogen (secondary N) is 1. The Bertz CT molecular complexity index is 872. The lowest BCUT2D eigenvalue weighted by atomic mass is 9.46. The first kappa shape index (κ1) is 20.6. The minimum Gasteiger partial charge on any atom is -0.383 e. The summed E-state index contributed by atoms with van der Waals surface area (Å²) < 4.78 is 0. The molecule has 5 N–H and O–H groups in total. The van der Waals surface area contributed by atoms with Crippen molar-refractivity contribution in [3.63, 3.8) is 0 Å². The van der Waals surface area contributed by atoms with E-state index in [9.17, 15) is 14.4 Å². The van der Waals surface area contributed by atoms with Crippen molar-refractivity contribution in [2.24, 2.45) is 28.9 Å². The van der Waals surface area contributed by atoms with Crippen molar-refractivity contribution in [3.05, 3.63) is 17.8 Å². The average molecular weight is 414 g/mol. The molecule has 30 heavy (non-hydrogen) atoms. The van der Waals surface area contributed by atoms with E-state index in [1.165, 1.54) is 6.20 Å². The molecule has 3 amide bonds. The van der Waals surface area contributed by atoms with Gasteiger partial charge in [-0.3, -0.25) is 14.4 Å². The van der Waals surface area contributed by atoms with Crippen LogP contribution in [-0.4, -0.2) is 40.2 Å². The second-order valence-corrected chi connectivity index (χ2v) is 9.76. The van der Waals surface area contributed by atoms with Crippen LogP contribution in [0, 0.1) is 30.1 Å². The maximum Gasteiger partial charge on any atom is 0.313 e. The Morgan fingerprint density at radius 2 is 1.90 bits per heavy atom. The topological polar surface area (TPSA) is 131 Å². The number of rotatable bonds is 3. The number of nitrogens with zero attached hydrogens (tertiary/aromatic N) is 2. The number of carbonyl (C=O) groups is 3. The van der Waals surface area contributed by atoms with Crippen LogP contribution in [0.1, 0.15) is 51.0 Å². The first-order valence-corrected chi connectivity index (χ1v) is 10.8. The molecule has 4 rings (SSSR count). The first-order chi connectivity index (χ1) is 14.2. The molecule has 1 spiro atoms. The van der Waals surface area contributed by atoms with E-state index in [0.717, 1.165) is 44.1 Å². The number of primary amides is 1. The quantitative estimate of drug-likeness (QED) is 0.651. The van der Waals surface area contributed by atoms with Crippen LogP contribution in [0.3, 0.4) is 0 Å². The molecular weight excluding hydrogens is 382 g/mol. The van der Waals surface area contributed by atoms with Crippen molar-refractivity contribution in [1.29, 1.82) is 0 Å². The molecule has 3 fully saturated rings. The van der Waals surface area contributed by atoms with Crippen molar-refractivity contribution < 1.29 is 14.4 Å². The summed E-state index contributed by atoms with van der Waals surface area (Å²) in [5.74, 6) is -0.136. The summed E-state index contributed by atoms with van der Waals surface area (Å²) in [7, 11) is 0. The second-order valence-electron chi connectivity index (χ2n) is 9.76. The Hall–Kier alpha value is -2.64. The molecule has 8 nitrogen and oxygen atoms in total. The molecule has 0 unspecified atom stereocenters. The second kappa shape index (κ2) is 7.56. The normalized spacial score (nSPS) is 32.8. The lowest BCUT2D eigenvalue weighted by molar-refractivity contribution is -0.156. The Labute approximate surface area is 176 Å². The maximum absolute atomic E-state index is 13.0. The van der Waals surface area contributed by atoms with E-state index < -0.39 is 11.8 Å². The molecule has 1 aromatic rings. The highest BCUT2D eigenvalue weighted by atomic mass is 16.2. The lowest BCUT2D eigenvalue weighted by Crippen LogP contribution is -2.60. The maximum atomic E-state index is 13.0. The van der Waals surface area contributed by atoms with Crippen LogP contribution < -0.4 is 16.8 Å². The van der Waals surface area contributed by atoms with Crippen LogP contribution in [0.5, 0.6) is 0 Å². The Morgan fingerprint density at radius 1 is 1.20 bits per heavy atom. The van der Waals surface area contributed by atoms with Gasteiger partial charge in [0.05, 0.1) is 11.9 Å². The van der Waals surface area contributed by atoms with Crippen LogP contribution in [0.4, 0.5) is 11.5 Å². The molecule has 0 bridgehead atoms. The fourth-order valence-electron chi connectivity index (χ4n) is 5.71. The summed E-state index contributed by atoms with van der Waals surface area (Å²) >= 11 is 0. The molecule has 3 aliphatic rings. The van der Waals surface area contributed by atoms with Gasteiger partial charge in [0, 0.05) is 18.5 Å². The zero-order chi connectivity index (χ0) is 21.6. The minimum atomic E-state index is -0.633. The molecule has 8 heteroatoms. The van der Waals surface area contributed by atoms with Gasteiger partial charge in [0.2, 0.25) is 5.91 Å². The number of hydrogen-bond donors (Lipinski definition) is 3. The number of aryl methyl sites for hydroxylation is 1. The number of amides is 3. The van der Waals surface area contributed by atoms with Crippen LogP contribution in [0.15, 0.2) is 12.3 Å². The molecule has 2 atom stereocenters. The van der Waals surface area contributed by atoms with Gasteiger partial charge in [-0.1, -0.05) is 6.92 Å². The summed E-state index contributed by atoms with van der Waals surface area (Å²) in [5.41, 5.74) is 12.6. The summed E-state index contributed by atoms with van der Waals surface area (Å²) in [5, 5.41) is 2.67. The van der Waals surface area contributed by atoms with Gasteiger partial charge in [-0.2, -0.15) is 0 Å². The molecule has 2 heterocycles. The molecule has 0 radical (unpaired) electrons. The van der Waals surface area contributed by atoms with Crippen molar-refractivity contribution in [2.45, 2.75) is 58.4 Å². The van der Waals surface area contributed by atoms with E-state index in [1.54, 1.807) is 17.9 Å². The highest BCUT2D eigenvalue weighted by molar-refractivity contribution is 6.39. The highest BCUT2D eigenvalue weighted by Crippen LogP contribution is 2.62. The Kier molecular flexibility index (Phi) is 5.20. The van der Waals surface area contributed by atoms with Gasteiger partial charge < -0.3 is 21.7 Å². The monoisotopic (exact) mass is 413 g/mol. The number of pyridine rings is 1. The van der Waals surface area contributed by atoms with E-state index in [4.69, 9.17) is 11.5 Å². The highest BCUT2D eigenvalue weighted by Gasteiger charge is 2.57. The predicted octanol–water partition coefficient (Wildman–Crippen LogP) is 1.83. The number of likely N-dealkylation sites (tertiary alicyclic amines) is 1. The zero-order valence-corrected chi connectivity index (χ0v) is 17.7. The summed E-state index contributed by atoms with van der Waals surface area (Å²) in [4.78, 5) is 42.9. The number of nitrogen functional groups attached to an aromatic ring is 1. The molecule has 1 aromatic heterocycles. The van der Waals surface area contributed by atoms with Gasteiger partial charge in [0.15, 0.2) is 0 Å².